The molecule has 0 saturated heterocycles. The maximum atomic E-state index is 13.0. The number of hydrogen-bond acceptors (Lipinski definition) is 8. The Morgan fingerprint density at radius 3 is 2.00 bits per heavy atom. The molecule has 0 aromatic heterocycles. The first-order valence-electron chi connectivity index (χ1n) is 11.0. The van der Waals surface area contributed by atoms with Crippen LogP contribution in [0.15, 0.2) is 4.99 Å². The van der Waals surface area contributed by atoms with Gasteiger partial charge in [0.15, 0.2) is 5.96 Å². The molecular formula is C20H37N7O7S. The molecule has 0 aliphatic carbocycles. The fourth-order valence-corrected chi connectivity index (χ4v) is 3.35. The van der Waals surface area contributed by atoms with Gasteiger partial charge in [-0.15, -0.1) is 0 Å². The van der Waals surface area contributed by atoms with Gasteiger partial charge in [-0.3, -0.25) is 24.2 Å². The molecule has 0 bridgehead atoms. The first-order valence-corrected chi connectivity index (χ1v) is 12.3. The van der Waals surface area contributed by atoms with Crippen LogP contribution in [0.1, 0.15) is 39.5 Å². The molecule has 0 spiro atoms. The van der Waals surface area contributed by atoms with Crippen LogP contribution in [0.4, 0.5) is 0 Å². The van der Waals surface area contributed by atoms with Crippen LogP contribution in [0.25, 0.3) is 0 Å². The van der Waals surface area contributed by atoms with E-state index in [1.807, 2.05) is 0 Å². The van der Waals surface area contributed by atoms with E-state index in [0.29, 0.717) is 12.2 Å². The van der Waals surface area contributed by atoms with E-state index in [1.165, 1.54) is 11.8 Å². The van der Waals surface area contributed by atoms with Gasteiger partial charge in [0.05, 0.1) is 12.5 Å². The second-order valence-corrected chi connectivity index (χ2v) is 9.11. The zero-order valence-electron chi connectivity index (χ0n) is 20.2. The molecule has 0 radical (unpaired) electrons. The number of hydrogen-bond donors (Lipinski definition) is 8. The molecule has 0 heterocycles. The summed E-state index contributed by atoms with van der Waals surface area (Å²) >= 11 is 1.42. The van der Waals surface area contributed by atoms with Crippen molar-refractivity contribution in [2.75, 3.05) is 18.6 Å². The highest BCUT2D eigenvalue weighted by Gasteiger charge is 2.31. The van der Waals surface area contributed by atoms with Crippen LogP contribution in [0, 0.1) is 5.92 Å². The average molecular weight is 520 g/mol. The van der Waals surface area contributed by atoms with Gasteiger partial charge >= 0.3 is 11.9 Å². The van der Waals surface area contributed by atoms with Crippen molar-refractivity contribution in [2.24, 2.45) is 28.1 Å². The van der Waals surface area contributed by atoms with Gasteiger partial charge in [-0.1, -0.05) is 13.8 Å². The number of aliphatic carboxylic acids is 2. The van der Waals surface area contributed by atoms with E-state index < -0.39 is 66.2 Å². The summed E-state index contributed by atoms with van der Waals surface area (Å²) in [4.78, 5) is 64.2. The fraction of sp³-hybridized carbons (Fsp3) is 0.700. The predicted octanol–water partition coefficient (Wildman–Crippen LogP) is -2.21. The second-order valence-electron chi connectivity index (χ2n) is 8.13. The minimum Gasteiger partial charge on any atom is -0.481 e. The molecule has 0 aliphatic heterocycles. The monoisotopic (exact) mass is 519 g/mol. The van der Waals surface area contributed by atoms with Crippen LogP contribution in [0.3, 0.4) is 0 Å². The number of nitrogens with two attached hydrogens (primary N) is 3. The summed E-state index contributed by atoms with van der Waals surface area (Å²) in [6, 6.07) is -4.78. The fourth-order valence-electron chi connectivity index (χ4n) is 2.88. The number of nitrogens with zero attached hydrogens (tertiary/aromatic N) is 1. The SMILES string of the molecule is CSCCC(NC(=O)C(CCCN=C(N)N)NC(=O)C(NC(=O)C(N)CC(=O)O)C(C)C)C(=O)O. The minimum atomic E-state index is -1.37. The van der Waals surface area contributed by atoms with Crippen LogP contribution in [0.5, 0.6) is 0 Å². The van der Waals surface area contributed by atoms with Crippen molar-refractivity contribution < 1.29 is 34.2 Å². The van der Waals surface area contributed by atoms with E-state index in [-0.39, 0.29) is 25.3 Å². The summed E-state index contributed by atoms with van der Waals surface area (Å²) < 4.78 is 0. The Kier molecular flexibility index (Phi) is 15.1. The van der Waals surface area contributed by atoms with Crippen molar-refractivity contribution in [3.05, 3.63) is 0 Å². The Labute approximate surface area is 208 Å². The van der Waals surface area contributed by atoms with Crippen LogP contribution >= 0.6 is 11.8 Å². The van der Waals surface area contributed by atoms with Gasteiger partial charge in [-0.05, 0) is 37.2 Å². The Morgan fingerprint density at radius 2 is 1.51 bits per heavy atom. The van der Waals surface area contributed by atoms with Crippen LogP contribution < -0.4 is 33.2 Å². The molecule has 0 saturated carbocycles. The van der Waals surface area contributed by atoms with Crippen LogP contribution in [-0.2, 0) is 24.0 Å². The third kappa shape index (κ3) is 13.4. The molecule has 15 heteroatoms. The van der Waals surface area contributed by atoms with E-state index in [4.69, 9.17) is 22.3 Å². The van der Waals surface area contributed by atoms with Crippen molar-refractivity contribution in [2.45, 2.75) is 63.7 Å². The van der Waals surface area contributed by atoms with Crippen molar-refractivity contribution in [3.63, 3.8) is 0 Å². The number of carboxylic acids is 2. The van der Waals surface area contributed by atoms with E-state index in [1.54, 1.807) is 20.1 Å². The lowest BCUT2D eigenvalue weighted by Gasteiger charge is -2.27. The van der Waals surface area contributed by atoms with E-state index in [0.717, 1.165) is 0 Å². The summed E-state index contributed by atoms with van der Waals surface area (Å²) in [7, 11) is 0. The van der Waals surface area contributed by atoms with Gasteiger partial charge in [-0.2, -0.15) is 11.8 Å². The second kappa shape index (κ2) is 16.5. The van der Waals surface area contributed by atoms with E-state index in [2.05, 4.69) is 20.9 Å². The highest BCUT2D eigenvalue weighted by Crippen LogP contribution is 2.08. The largest absolute Gasteiger partial charge is 0.481 e. The van der Waals surface area contributed by atoms with E-state index in [9.17, 15) is 29.1 Å². The Balaban J connectivity index is 5.54. The molecular weight excluding hydrogens is 482 g/mol. The summed E-state index contributed by atoms with van der Waals surface area (Å²) in [5.41, 5.74) is 16.2. The standard InChI is InChI=1S/C20H37N7O7S/c1-10(2)15(27-16(30)11(21)9-14(28)29)18(32)25-12(5-4-7-24-20(22)23)17(31)26-13(19(33)34)6-8-35-3/h10-13,15H,4-9,21H2,1-3H3,(H,25,32)(H,26,31)(H,27,30)(H,28,29)(H,33,34)(H4,22,23,24). The zero-order valence-corrected chi connectivity index (χ0v) is 21.0. The topological polar surface area (TPSA) is 252 Å². The van der Waals surface area contributed by atoms with Gasteiger partial charge in [0.25, 0.3) is 0 Å². The first-order chi connectivity index (χ1) is 16.3. The normalized spacial score (nSPS) is 14.2. The van der Waals surface area contributed by atoms with E-state index >= 15 is 0 Å². The molecule has 3 amide bonds. The van der Waals surface area contributed by atoms with Gasteiger partial charge in [-0.25, -0.2) is 4.79 Å². The summed E-state index contributed by atoms with van der Waals surface area (Å²) in [6.45, 7) is 3.46. The third-order valence-electron chi connectivity index (χ3n) is 4.78. The number of aliphatic imine (C=N–C) groups is 1. The summed E-state index contributed by atoms with van der Waals surface area (Å²) in [5.74, 6) is -4.83. The maximum absolute atomic E-state index is 13.0. The Bertz CT molecular complexity index is 775. The summed E-state index contributed by atoms with van der Waals surface area (Å²) in [6.07, 6.45) is 1.74. The first kappa shape index (κ1) is 31.9. The number of carbonyl (C=O) groups is 5. The molecule has 4 unspecified atom stereocenters. The number of thioether (sulfide) groups is 1. The highest BCUT2D eigenvalue weighted by molar-refractivity contribution is 7.98. The molecule has 11 N–H and O–H groups in total. The molecule has 0 aromatic carbocycles. The van der Waals surface area contributed by atoms with Crippen LogP contribution in [-0.4, -0.2) is 88.6 Å². The molecule has 4 atom stereocenters. The van der Waals surface area contributed by atoms with Crippen molar-refractivity contribution in [1.82, 2.24) is 16.0 Å². The molecule has 0 rings (SSSR count). The Morgan fingerprint density at radius 1 is 0.914 bits per heavy atom. The Hall–Kier alpha value is -3.07. The number of amides is 3. The number of nitrogens with one attached hydrogen (secondary N) is 3. The van der Waals surface area contributed by atoms with Gasteiger partial charge in [0.1, 0.15) is 18.1 Å². The smallest absolute Gasteiger partial charge is 0.326 e. The molecule has 0 aliphatic rings. The van der Waals surface area contributed by atoms with Gasteiger partial charge in [0, 0.05) is 6.54 Å². The lowest BCUT2D eigenvalue weighted by Crippen LogP contribution is -2.58. The predicted molar refractivity (Wildman–Crippen MR) is 131 cm³/mol. The molecule has 0 aromatic rings. The molecule has 200 valence electrons. The van der Waals surface area contributed by atoms with Crippen molar-refractivity contribution >= 4 is 47.4 Å². The third-order valence-corrected chi connectivity index (χ3v) is 5.43. The van der Waals surface area contributed by atoms with Crippen molar-refractivity contribution in [1.29, 1.82) is 0 Å². The number of carboxylic acid groups (broad SMARTS) is 2. The van der Waals surface area contributed by atoms with Crippen LogP contribution in [0.2, 0.25) is 0 Å². The number of guanidine groups is 1. The average Bonchev–Trinajstić information content (AvgIpc) is 2.75. The highest BCUT2D eigenvalue weighted by atomic mass is 32.2. The van der Waals surface area contributed by atoms with Crippen molar-refractivity contribution in [3.8, 4) is 0 Å². The van der Waals surface area contributed by atoms with Gasteiger partial charge in [0.2, 0.25) is 17.7 Å². The lowest BCUT2D eigenvalue weighted by molar-refractivity contribution is -0.142. The molecule has 35 heavy (non-hydrogen) atoms. The zero-order chi connectivity index (χ0) is 27.1. The molecule has 0 fully saturated rings. The summed E-state index contributed by atoms with van der Waals surface area (Å²) in [5, 5.41) is 25.6. The molecule has 14 nitrogen and oxygen atoms in total. The number of rotatable bonds is 17. The quantitative estimate of drug-likeness (QED) is 0.0580. The lowest BCUT2D eigenvalue weighted by atomic mass is 10.0. The maximum Gasteiger partial charge on any atom is 0.326 e. The minimum absolute atomic E-state index is 0.0838. The number of carbonyl (C=O) groups excluding carboxylic acids is 3. The van der Waals surface area contributed by atoms with Gasteiger partial charge < -0.3 is 43.4 Å².